The molecule has 2 aliphatic heterocycles. The maximum atomic E-state index is 13.5. The minimum Gasteiger partial charge on any atom is -0.497 e. The SMILES string of the molecule is COc1ccc(C#Cc2ccc3c(c2)[C@@H]2[C@@H](CCN2C(=O)C2CCCCC2)[C@@H](CO)N3)cc1. The first-order chi connectivity index (χ1) is 16.2. The molecular weight excluding hydrogens is 412 g/mol. The number of benzene rings is 2. The number of aliphatic hydroxyl groups excluding tert-OH is 1. The number of rotatable bonds is 3. The first kappa shape index (κ1) is 21.9. The summed E-state index contributed by atoms with van der Waals surface area (Å²) in [4.78, 5) is 15.6. The van der Waals surface area contributed by atoms with Crippen molar-refractivity contribution in [3.8, 4) is 17.6 Å². The predicted molar refractivity (Wildman–Crippen MR) is 129 cm³/mol. The Kier molecular flexibility index (Phi) is 6.28. The van der Waals surface area contributed by atoms with Gasteiger partial charge in [-0.2, -0.15) is 0 Å². The van der Waals surface area contributed by atoms with Crippen LogP contribution in [0.15, 0.2) is 42.5 Å². The van der Waals surface area contributed by atoms with Crippen molar-refractivity contribution in [3.63, 3.8) is 0 Å². The molecule has 2 fully saturated rings. The van der Waals surface area contributed by atoms with Crippen molar-refractivity contribution in [1.82, 2.24) is 4.90 Å². The number of amides is 1. The van der Waals surface area contributed by atoms with Gasteiger partial charge in [0.1, 0.15) is 5.75 Å². The van der Waals surface area contributed by atoms with E-state index in [1.165, 1.54) is 6.42 Å². The number of ether oxygens (including phenoxy) is 1. The number of aliphatic hydroxyl groups is 1. The lowest BCUT2D eigenvalue weighted by atomic mass is 9.82. The maximum Gasteiger partial charge on any atom is 0.226 e. The van der Waals surface area contributed by atoms with Gasteiger partial charge in [-0.05, 0) is 67.3 Å². The number of anilines is 1. The summed E-state index contributed by atoms with van der Waals surface area (Å²) in [6.45, 7) is 0.842. The quantitative estimate of drug-likeness (QED) is 0.691. The van der Waals surface area contributed by atoms with Crippen LogP contribution >= 0.6 is 0 Å². The summed E-state index contributed by atoms with van der Waals surface area (Å²) in [6.07, 6.45) is 6.49. The minimum atomic E-state index is -0.0251. The van der Waals surface area contributed by atoms with Crippen LogP contribution in [0.25, 0.3) is 0 Å². The largest absolute Gasteiger partial charge is 0.497 e. The molecule has 0 spiro atoms. The number of carbonyl (C=O) groups excluding carboxylic acids is 1. The maximum absolute atomic E-state index is 13.5. The molecule has 5 heteroatoms. The highest BCUT2D eigenvalue weighted by molar-refractivity contribution is 5.80. The van der Waals surface area contributed by atoms with Gasteiger partial charge in [-0.15, -0.1) is 0 Å². The lowest BCUT2D eigenvalue weighted by Crippen LogP contribution is -2.44. The molecule has 5 nitrogen and oxygen atoms in total. The second kappa shape index (κ2) is 9.49. The van der Waals surface area contributed by atoms with Crippen LogP contribution in [0.5, 0.6) is 5.75 Å². The minimum absolute atomic E-state index is 0.00978. The molecule has 0 unspecified atom stereocenters. The van der Waals surface area contributed by atoms with Gasteiger partial charge in [0, 0.05) is 35.2 Å². The fourth-order valence-electron chi connectivity index (χ4n) is 5.79. The normalized spacial score (nSPS) is 24.2. The van der Waals surface area contributed by atoms with Crippen LogP contribution < -0.4 is 10.1 Å². The lowest BCUT2D eigenvalue weighted by Gasteiger charge is -2.40. The first-order valence-corrected chi connectivity index (χ1v) is 12.2. The number of fused-ring (bicyclic) bond motifs is 3. The van der Waals surface area contributed by atoms with Gasteiger partial charge in [-0.25, -0.2) is 0 Å². The number of hydrogen-bond acceptors (Lipinski definition) is 4. The Morgan fingerprint density at radius 2 is 1.79 bits per heavy atom. The summed E-state index contributed by atoms with van der Waals surface area (Å²) in [6, 6.07) is 13.9. The highest BCUT2D eigenvalue weighted by atomic mass is 16.5. The van der Waals surface area contributed by atoms with E-state index in [0.717, 1.165) is 66.8 Å². The highest BCUT2D eigenvalue weighted by Gasteiger charge is 2.46. The monoisotopic (exact) mass is 444 g/mol. The summed E-state index contributed by atoms with van der Waals surface area (Å²) >= 11 is 0. The van der Waals surface area contributed by atoms with E-state index in [1.807, 2.05) is 36.4 Å². The van der Waals surface area contributed by atoms with E-state index in [1.54, 1.807) is 7.11 Å². The average molecular weight is 445 g/mol. The summed E-state index contributed by atoms with van der Waals surface area (Å²) < 4.78 is 5.22. The molecule has 0 aromatic heterocycles. The lowest BCUT2D eigenvalue weighted by molar-refractivity contribution is -0.138. The van der Waals surface area contributed by atoms with Crippen LogP contribution in [0.3, 0.4) is 0 Å². The van der Waals surface area contributed by atoms with Gasteiger partial charge < -0.3 is 20.1 Å². The Morgan fingerprint density at radius 1 is 1.06 bits per heavy atom. The number of likely N-dealkylation sites (tertiary alicyclic amines) is 1. The number of carbonyl (C=O) groups is 1. The van der Waals surface area contributed by atoms with Crippen LogP contribution in [0.4, 0.5) is 5.69 Å². The third-order valence-electron chi connectivity index (χ3n) is 7.55. The molecule has 5 rings (SSSR count). The van der Waals surface area contributed by atoms with Gasteiger partial charge in [0.25, 0.3) is 0 Å². The zero-order valence-electron chi connectivity index (χ0n) is 19.2. The molecule has 0 radical (unpaired) electrons. The van der Waals surface area contributed by atoms with E-state index in [2.05, 4.69) is 28.1 Å². The van der Waals surface area contributed by atoms with E-state index in [4.69, 9.17) is 4.74 Å². The molecule has 1 amide bonds. The second-order valence-electron chi connectivity index (χ2n) is 9.48. The smallest absolute Gasteiger partial charge is 0.226 e. The molecule has 2 N–H and O–H groups in total. The van der Waals surface area contributed by atoms with Gasteiger partial charge in [0.15, 0.2) is 0 Å². The molecule has 1 aliphatic carbocycles. The van der Waals surface area contributed by atoms with Crippen LogP contribution in [0.1, 0.15) is 61.3 Å². The zero-order valence-corrected chi connectivity index (χ0v) is 19.2. The van der Waals surface area contributed by atoms with Crippen molar-refractivity contribution in [2.75, 3.05) is 25.6 Å². The van der Waals surface area contributed by atoms with Crippen molar-refractivity contribution >= 4 is 11.6 Å². The van der Waals surface area contributed by atoms with Gasteiger partial charge >= 0.3 is 0 Å². The number of methoxy groups -OCH3 is 1. The fraction of sp³-hybridized carbons (Fsp3) is 0.464. The van der Waals surface area contributed by atoms with Gasteiger partial charge in [-0.3, -0.25) is 4.79 Å². The topological polar surface area (TPSA) is 61.8 Å². The first-order valence-electron chi connectivity index (χ1n) is 12.2. The summed E-state index contributed by atoms with van der Waals surface area (Å²) in [5.41, 5.74) is 4.01. The molecule has 172 valence electrons. The number of nitrogens with zero attached hydrogens (tertiary/aromatic N) is 1. The highest BCUT2D eigenvalue weighted by Crippen LogP contribution is 2.47. The van der Waals surface area contributed by atoms with Crippen LogP contribution in [0, 0.1) is 23.7 Å². The van der Waals surface area contributed by atoms with Crippen molar-refractivity contribution in [3.05, 3.63) is 59.2 Å². The number of nitrogens with one attached hydrogen (secondary N) is 1. The third kappa shape index (κ3) is 4.32. The Balaban J connectivity index is 1.45. The predicted octanol–water partition coefficient (Wildman–Crippen LogP) is 4.35. The van der Waals surface area contributed by atoms with Crippen LogP contribution in [0.2, 0.25) is 0 Å². The molecule has 1 saturated carbocycles. The molecule has 2 aromatic carbocycles. The van der Waals surface area contributed by atoms with E-state index >= 15 is 0 Å². The molecule has 33 heavy (non-hydrogen) atoms. The van der Waals surface area contributed by atoms with Crippen molar-refractivity contribution in [2.24, 2.45) is 11.8 Å². The fourth-order valence-corrected chi connectivity index (χ4v) is 5.79. The Hall–Kier alpha value is -2.97. The Labute approximate surface area is 196 Å². The molecule has 2 aromatic rings. The second-order valence-corrected chi connectivity index (χ2v) is 9.48. The van der Waals surface area contributed by atoms with E-state index in [0.29, 0.717) is 5.91 Å². The van der Waals surface area contributed by atoms with Gasteiger partial charge in [0.2, 0.25) is 5.91 Å². The van der Waals surface area contributed by atoms with E-state index in [-0.39, 0.29) is 30.5 Å². The molecular formula is C28H32N2O3. The summed E-state index contributed by atoms with van der Waals surface area (Å²) in [5.74, 6) is 8.02. The standard InChI is InChI=1S/C28H32N2O3/c1-33-22-12-9-19(10-13-22)7-8-20-11-14-25-24(17-20)27-23(26(18-31)29-25)15-16-30(27)28(32)21-5-3-2-4-6-21/h9-14,17,21,23,26-27,29,31H,2-6,15-16,18H2,1H3/t23-,26+,27-/m0/s1. The molecule has 2 heterocycles. The zero-order chi connectivity index (χ0) is 22.8. The van der Waals surface area contributed by atoms with E-state index < -0.39 is 0 Å². The Morgan fingerprint density at radius 3 is 2.52 bits per heavy atom. The molecule has 3 atom stereocenters. The van der Waals surface area contributed by atoms with Gasteiger partial charge in [-0.1, -0.05) is 31.1 Å². The van der Waals surface area contributed by atoms with E-state index in [9.17, 15) is 9.90 Å². The third-order valence-corrected chi connectivity index (χ3v) is 7.55. The summed E-state index contributed by atoms with van der Waals surface area (Å²) in [5, 5.41) is 13.6. The van der Waals surface area contributed by atoms with Crippen molar-refractivity contribution in [1.29, 1.82) is 0 Å². The Bertz CT molecular complexity index is 1060. The average Bonchev–Trinajstić information content (AvgIpc) is 3.33. The van der Waals surface area contributed by atoms with Crippen LogP contribution in [-0.2, 0) is 4.79 Å². The van der Waals surface area contributed by atoms with Crippen molar-refractivity contribution in [2.45, 2.75) is 50.6 Å². The van der Waals surface area contributed by atoms with Gasteiger partial charge in [0.05, 0.1) is 25.8 Å². The molecule has 1 saturated heterocycles. The molecule has 3 aliphatic rings. The summed E-state index contributed by atoms with van der Waals surface area (Å²) in [7, 11) is 1.65. The van der Waals surface area contributed by atoms with Crippen LogP contribution in [-0.4, -0.2) is 42.2 Å². The molecule has 0 bridgehead atoms. The van der Waals surface area contributed by atoms with Crippen molar-refractivity contribution < 1.29 is 14.6 Å². The number of hydrogen-bond donors (Lipinski definition) is 2.